The van der Waals surface area contributed by atoms with Gasteiger partial charge in [-0.15, -0.1) is 0 Å². The van der Waals surface area contributed by atoms with E-state index in [1.807, 2.05) is 26.4 Å². The van der Waals surface area contributed by atoms with Gasteiger partial charge in [0.05, 0.1) is 23.9 Å². The number of piperidine rings is 1. The highest BCUT2D eigenvalue weighted by molar-refractivity contribution is 6.01. The predicted octanol–water partition coefficient (Wildman–Crippen LogP) is 3.29. The maximum absolute atomic E-state index is 13.2. The highest BCUT2D eigenvalue weighted by Crippen LogP contribution is 2.39. The fraction of sp³-hybridized carbons (Fsp3) is 0.522. The van der Waals surface area contributed by atoms with E-state index in [1.165, 1.54) is 12.1 Å². The second-order valence-electron chi connectivity index (χ2n) is 8.52. The van der Waals surface area contributed by atoms with Crippen molar-refractivity contribution in [3.63, 3.8) is 0 Å². The van der Waals surface area contributed by atoms with Crippen molar-refractivity contribution in [2.45, 2.75) is 45.3 Å². The molecule has 0 spiro atoms. The molecule has 1 aromatic carbocycles. The molecule has 0 bridgehead atoms. The second-order valence-corrected chi connectivity index (χ2v) is 8.52. The van der Waals surface area contributed by atoms with Crippen molar-refractivity contribution in [3.8, 4) is 0 Å². The van der Waals surface area contributed by atoms with Gasteiger partial charge < -0.3 is 9.57 Å². The Morgan fingerprint density at radius 3 is 2.87 bits per heavy atom. The van der Waals surface area contributed by atoms with Crippen LogP contribution in [0.5, 0.6) is 0 Å². The molecule has 4 rings (SSSR count). The summed E-state index contributed by atoms with van der Waals surface area (Å²) in [6, 6.07) is 6.25. The summed E-state index contributed by atoms with van der Waals surface area (Å²) < 4.78 is 20.5. The van der Waals surface area contributed by atoms with Crippen molar-refractivity contribution < 1.29 is 18.8 Å². The third kappa shape index (κ3) is 4.95. The fourth-order valence-electron chi connectivity index (χ4n) is 4.66. The highest BCUT2D eigenvalue weighted by Gasteiger charge is 2.46. The molecule has 2 atom stereocenters. The van der Waals surface area contributed by atoms with Crippen LogP contribution in [0.4, 0.5) is 4.39 Å². The monoisotopic (exact) mass is 428 g/mol. The van der Waals surface area contributed by atoms with Gasteiger partial charge in [0.15, 0.2) is 0 Å². The molecule has 0 unspecified atom stereocenters. The van der Waals surface area contributed by atoms with Crippen molar-refractivity contribution in [2.75, 3.05) is 19.7 Å². The minimum Gasteiger partial charge on any atom is -0.466 e. The summed E-state index contributed by atoms with van der Waals surface area (Å²) in [7, 11) is 1.90. The van der Waals surface area contributed by atoms with Crippen molar-refractivity contribution in [3.05, 3.63) is 53.6 Å². The number of halogens is 1. The second kappa shape index (κ2) is 9.18. The van der Waals surface area contributed by atoms with Gasteiger partial charge in [0.1, 0.15) is 11.9 Å². The zero-order valence-corrected chi connectivity index (χ0v) is 18.1. The molecule has 7 nitrogen and oxygen atoms in total. The molecule has 2 aromatic rings. The van der Waals surface area contributed by atoms with Crippen LogP contribution in [-0.4, -0.2) is 52.2 Å². The van der Waals surface area contributed by atoms with Gasteiger partial charge >= 0.3 is 5.97 Å². The number of hydrogen-bond acceptors (Lipinski definition) is 6. The number of esters is 1. The zero-order chi connectivity index (χ0) is 21.8. The number of likely N-dealkylation sites (tertiary alicyclic amines) is 1. The minimum absolute atomic E-state index is 0.162. The van der Waals surface area contributed by atoms with E-state index in [4.69, 9.17) is 9.57 Å². The Bertz CT molecular complexity index is 943. The molecule has 0 radical (unpaired) electrons. The molecule has 1 saturated heterocycles. The summed E-state index contributed by atoms with van der Waals surface area (Å²) in [5.41, 5.74) is 2.12. The van der Waals surface area contributed by atoms with Crippen LogP contribution in [0, 0.1) is 11.2 Å². The van der Waals surface area contributed by atoms with E-state index in [2.05, 4.69) is 15.2 Å². The first kappa shape index (κ1) is 21.5. The number of rotatable bonds is 7. The van der Waals surface area contributed by atoms with Gasteiger partial charge in [-0.05, 0) is 44.0 Å². The number of aryl methyl sites for hydroxylation is 1. The average Bonchev–Trinajstić information content (AvgIpc) is 3.38. The zero-order valence-electron chi connectivity index (χ0n) is 18.1. The van der Waals surface area contributed by atoms with Gasteiger partial charge in [-0.1, -0.05) is 17.3 Å². The Labute approximate surface area is 181 Å². The summed E-state index contributed by atoms with van der Waals surface area (Å²) >= 11 is 0. The molecule has 0 saturated carbocycles. The molecule has 8 heteroatoms. The minimum atomic E-state index is -0.630. The maximum atomic E-state index is 13.2. The molecular formula is C23H29FN4O3. The van der Waals surface area contributed by atoms with E-state index in [0.717, 1.165) is 42.8 Å². The highest BCUT2D eigenvalue weighted by atomic mass is 19.1. The first-order valence-corrected chi connectivity index (χ1v) is 10.8. The van der Waals surface area contributed by atoms with Crippen LogP contribution in [-0.2, 0) is 28.0 Å². The summed E-state index contributed by atoms with van der Waals surface area (Å²) in [6.45, 7) is 4.49. The van der Waals surface area contributed by atoms with E-state index < -0.39 is 5.41 Å². The molecular weight excluding hydrogens is 399 g/mol. The molecule has 0 aliphatic carbocycles. The largest absolute Gasteiger partial charge is 0.466 e. The van der Waals surface area contributed by atoms with Crippen LogP contribution in [0.2, 0.25) is 0 Å². The quantitative estimate of drug-likeness (QED) is 0.633. The Balaban J connectivity index is 1.46. The van der Waals surface area contributed by atoms with Crippen molar-refractivity contribution in [1.29, 1.82) is 0 Å². The Morgan fingerprint density at radius 1 is 1.35 bits per heavy atom. The molecule has 166 valence electrons. The van der Waals surface area contributed by atoms with Crippen LogP contribution in [0.1, 0.15) is 43.7 Å². The van der Waals surface area contributed by atoms with Crippen LogP contribution in [0.15, 0.2) is 41.8 Å². The number of benzene rings is 1. The number of hydrogen-bond donors (Lipinski definition) is 0. The van der Waals surface area contributed by atoms with Crippen molar-refractivity contribution in [1.82, 2.24) is 14.7 Å². The third-order valence-corrected chi connectivity index (χ3v) is 6.06. The lowest BCUT2D eigenvalue weighted by Crippen LogP contribution is -2.49. The van der Waals surface area contributed by atoms with Gasteiger partial charge in [0, 0.05) is 44.7 Å². The lowest BCUT2D eigenvalue weighted by Gasteiger charge is -2.41. The van der Waals surface area contributed by atoms with Crippen LogP contribution in [0.3, 0.4) is 0 Å². The van der Waals surface area contributed by atoms with Crippen LogP contribution < -0.4 is 0 Å². The number of nitrogens with zero attached hydrogens (tertiary/aromatic N) is 4. The molecule has 2 aliphatic rings. The molecule has 31 heavy (non-hydrogen) atoms. The average molecular weight is 429 g/mol. The molecule has 1 aromatic heterocycles. The summed E-state index contributed by atoms with van der Waals surface area (Å²) in [6.07, 6.45) is 6.48. The summed E-state index contributed by atoms with van der Waals surface area (Å²) in [5, 5.41) is 8.47. The third-order valence-electron chi connectivity index (χ3n) is 6.06. The lowest BCUT2D eigenvalue weighted by atomic mass is 9.74. The number of aromatic nitrogens is 2. The van der Waals surface area contributed by atoms with Gasteiger partial charge in [0.25, 0.3) is 0 Å². The number of carbonyl (C=O) groups is 1. The number of ether oxygens (including phenoxy) is 1. The maximum Gasteiger partial charge on any atom is 0.313 e. The molecule has 0 amide bonds. The Kier molecular flexibility index (Phi) is 6.36. The molecule has 2 aliphatic heterocycles. The van der Waals surface area contributed by atoms with Gasteiger partial charge in [0.2, 0.25) is 0 Å². The summed E-state index contributed by atoms with van der Waals surface area (Å²) in [4.78, 5) is 21.1. The SMILES string of the molecule is CCOC(=O)[C@]1(C[C@@H]2CC(c3ccc(F)cc3)=NO2)CCCN(Cc2cnn(C)c2)C1. The molecule has 3 heterocycles. The summed E-state index contributed by atoms with van der Waals surface area (Å²) in [5.74, 6) is -0.443. The van der Waals surface area contributed by atoms with E-state index in [-0.39, 0.29) is 17.9 Å². The van der Waals surface area contributed by atoms with Crippen LogP contribution >= 0.6 is 0 Å². The first-order chi connectivity index (χ1) is 15.0. The van der Waals surface area contributed by atoms with E-state index >= 15 is 0 Å². The van der Waals surface area contributed by atoms with Gasteiger partial charge in [-0.25, -0.2) is 4.39 Å². The Morgan fingerprint density at radius 2 is 2.16 bits per heavy atom. The smallest absolute Gasteiger partial charge is 0.313 e. The topological polar surface area (TPSA) is 69.0 Å². The lowest BCUT2D eigenvalue weighted by molar-refractivity contribution is -0.162. The first-order valence-electron chi connectivity index (χ1n) is 10.8. The van der Waals surface area contributed by atoms with Crippen molar-refractivity contribution >= 4 is 11.7 Å². The van der Waals surface area contributed by atoms with Crippen LogP contribution in [0.25, 0.3) is 0 Å². The molecule has 1 fully saturated rings. The molecule has 0 N–H and O–H groups in total. The number of carbonyl (C=O) groups excluding carboxylic acids is 1. The van der Waals surface area contributed by atoms with Crippen molar-refractivity contribution in [2.24, 2.45) is 17.6 Å². The van der Waals surface area contributed by atoms with Gasteiger partial charge in [-0.2, -0.15) is 5.10 Å². The Hall–Kier alpha value is -2.74. The van der Waals surface area contributed by atoms with E-state index in [1.54, 1.807) is 16.8 Å². The van der Waals surface area contributed by atoms with E-state index in [9.17, 15) is 9.18 Å². The predicted molar refractivity (Wildman–Crippen MR) is 114 cm³/mol. The number of oxime groups is 1. The van der Waals surface area contributed by atoms with E-state index in [0.29, 0.717) is 26.0 Å². The van der Waals surface area contributed by atoms with Gasteiger partial charge in [-0.3, -0.25) is 14.4 Å². The fourth-order valence-corrected chi connectivity index (χ4v) is 4.66. The standard InChI is InChI=1S/C23H29FN4O3/c1-3-30-22(29)23(9-4-10-28(16-23)15-17-13-25-27(2)14-17)12-20-11-21(26-31-20)18-5-7-19(24)8-6-18/h5-8,13-14,20H,3-4,9-12,15-16H2,1-2H3/t20-,23-/m0/s1. The normalized spacial score (nSPS) is 24.0.